The molecule has 0 aromatic heterocycles. The topological polar surface area (TPSA) is 100 Å². The summed E-state index contributed by atoms with van der Waals surface area (Å²) in [6.07, 6.45) is 1.69. The number of ether oxygens (including phenoxy) is 2. The van der Waals surface area contributed by atoms with Crippen molar-refractivity contribution >= 4 is 46.5 Å². The number of halogens is 1. The average Bonchev–Trinajstić information content (AvgIpc) is 3.30. The number of nitrogens with one attached hydrogen (secondary N) is 2. The molecule has 2 heterocycles. The van der Waals surface area contributed by atoms with Crippen molar-refractivity contribution in [1.82, 2.24) is 4.90 Å². The molecule has 0 aliphatic carbocycles. The minimum atomic E-state index is -0.724. The molecule has 4 amide bonds. The summed E-state index contributed by atoms with van der Waals surface area (Å²) in [6.45, 7) is 5.27. The number of benzene rings is 2. The molecule has 2 aromatic carbocycles. The Kier molecular flexibility index (Phi) is 8.02. The lowest BCUT2D eigenvalue weighted by molar-refractivity contribution is -0.125. The van der Waals surface area contributed by atoms with Crippen LogP contribution in [0.1, 0.15) is 6.42 Å². The minimum Gasteiger partial charge on any atom is -0.372 e. The van der Waals surface area contributed by atoms with Gasteiger partial charge in [-0.1, -0.05) is 17.7 Å². The Bertz CT molecular complexity index is 1080. The summed E-state index contributed by atoms with van der Waals surface area (Å²) in [5.41, 5.74) is 1.87. The summed E-state index contributed by atoms with van der Waals surface area (Å²) >= 11 is 5.92. The molecule has 35 heavy (non-hydrogen) atoms. The molecule has 0 unspecified atom stereocenters. The van der Waals surface area contributed by atoms with Gasteiger partial charge in [0.25, 0.3) is 5.91 Å². The average molecular weight is 499 g/mol. The van der Waals surface area contributed by atoms with Crippen LogP contribution in [0, 0.1) is 0 Å². The normalized spacial score (nSPS) is 20.0. The molecule has 2 saturated heterocycles. The zero-order valence-electron chi connectivity index (χ0n) is 19.1. The fourth-order valence-corrected chi connectivity index (χ4v) is 4.19. The summed E-state index contributed by atoms with van der Waals surface area (Å²) in [5, 5.41) is 6.24. The van der Waals surface area contributed by atoms with E-state index in [0.717, 1.165) is 5.69 Å². The molecule has 0 saturated carbocycles. The standard InChI is InChI=1S/C25H27ClN4O5/c1-2-12-35-21-14-22(30(15-21)25(33)28-19-5-3-17(26)4-6-19)24(32)27-18-7-9-20(10-8-18)29-11-13-34-16-23(29)31/h2-10,21-22H,1,11-16H2,(H,27,32)(H,28,33)/t21-,22-/m1/s1. The number of morpholine rings is 1. The van der Waals surface area contributed by atoms with Gasteiger partial charge in [-0.25, -0.2) is 4.79 Å². The van der Waals surface area contributed by atoms with Crippen LogP contribution >= 0.6 is 11.6 Å². The first kappa shape index (κ1) is 24.7. The third kappa shape index (κ3) is 6.19. The number of hydrogen-bond acceptors (Lipinski definition) is 5. The van der Waals surface area contributed by atoms with E-state index in [9.17, 15) is 14.4 Å². The van der Waals surface area contributed by atoms with Gasteiger partial charge in [-0.05, 0) is 48.5 Å². The Morgan fingerprint density at radius 3 is 2.49 bits per heavy atom. The highest BCUT2D eigenvalue weighted by molar-refractivity contribution is 6.30. The van der Waals surface area contributed by atoms with Crippen molar-refractivity contribution in [1.29, 1.82) is 0 Å². The van der Waals surface area contributed by atoms with Gasteiger partial charge in [-0.2, -0.15) is 0 Å². The smallest absolute Gasteiger partial charge is 0.322 e. The molecular formula is C25H27ClN4O5. The summed E-state index contributed by atoms with van der Waals surface area (Å²) < 4.78 is 10.9. The lowest BCUT2D eigenvalue weighted by Gasteiger charge is -2.27. The van der Waals surface area contributed by atoms with E-state index in [4.69, 9.17) is 21.1 Å². The number of nitrogens with zero attached hydrogens (tertiary/aromatic N) is 2. The van der Waals surface area contributed by atoms with Crippen molar-refractivity contribution in [2.45, 2.75) is 18.6 Å². The van der Waals surface area contributed by atoms with Crippen LogP contribution < -0.4 is 15.5 Å². The fourth-order valence-electron chi connectivity index (χ4n) is 4.07. The van der Waals surface area contributed by atoms with E-state index in [1.54, 1.807) is 59.5 Å². The van der Waals surface area contributed by atoms with E-state index < -0.39 is 12.1 Å². The van der Waals surface area contributed by atoms with E-state index in [2.05, 4.69) is 17.2 Å². The molecule has 10 heteroatoms. The third-order valence-electron chi connectivity index (χ3n) is 5.80. The first-order chi connectivity index (χ1) is 16.9. The summed E-state index contributed by atoms with van der Waals surface area (Å²) in [5.74, 6) is -0.428. The molecule has 2 atom stereocenters. The maximum absolute atomic E-state index is 13.2. The van der Waals surface area contributed by atoms with Gasteiger partial charge in [-0.15, -0.1) is 6.58 Å². The van der Waals surface area contributed by atoms with E-state index in [-0.39, 0.29) is 31.1 Å². The lowest BCUT2D eigenvalue weighted by Crippen LogP contribution is -2.45. The predicted molar refractivity (Wildman–Crippen MR) is 134 cm³/mol. The summed E-state index contributed by atoms with van der Waals surface area (Å²) in [7, 11) is 0. The van der Waals surface area contributed by atoms with Gasteiger partial charge in [0.15, 0.2) is 0 Å². The molecule has 2 N–H and O–H groups in total. The number of urea groups is 1. The molecule has 0 bridgehead atoms. The number of carbonyl (C=O) groups is 3. The minimum absolute atomic E-state index is 0.0587. The quantitative estimate of drug-likeness (QED) is 0.569. The van der Waals surface area contributed by atoms with E-state index in [1.165, 1.54) is 4.90 Å². The van der Waals surface area contributed by atoms with Gasteiger partial charge >= 0.3 is 6.03 Å². The van der Waals surface area contributed by atoms with Gasteiger partial charge in [0, 0.05) is 41.6 Å². The highest BCUT2D eigenvalue weighted by Crippen LogP contribution is 2.25. The monoisotopic (exact) mass is 498 g/mol. The molecule has 2 fully saturated rings. The van der Waals surface area contributed by atoms with Gasteiger partial charge in [0.2, 0.25) is 5.91 Å². The number of anilines is 3. The first-order valence-electron chi connectivity index (χ1n) is 11.3. The van der Waals surface area contributed by atoms with Crippen LogP contribution in [0.15, 0.2) is 61.2 Å². The molecule has 4 rings (SSSR count). The van der Waals surface area contributed by atoms with Crippen LogP contribution in [-0.4, -0.2) is 67.8 Å². The van der Waals surface area contributed by atoms with Crippen LogP contribution in [0.25, 0.3) is 0 Å². The van der Waals surface area contributed by atoms with E-state index in [0.29, 0.717) is 42.6 Å². The van der Waals surface area contributed by atoms with Crippen molar-refractivity contribution in [2.75, 3.05) is 48.4 Å². The van der Waals surface area contributed by atoms with Crippen LogP contribution in [0.2, 0.25) is 5.02 Å². The maximum atomic E-state index is 13.2. The van der Waals surface area contributed by atoms with Crippen molar-refractivity contribution in [2.24, 2.45) is 0 Å². The Labute approximate surface area is 208 Å². The number of rotatable bonds is 7. The lowest BCUT2D eigenvalue weighted by atomic mass is 10.1. The molecule has 2 aromatic rings. The fraction of sp³-hybridized carbons (Fsp3) is 0.320. The highest BCUT2D eigenvalue weighted by Gasteiger charge is 2.40. The number of carbonyl (C=O) groups excluding carboxylic acids is 3. The van der Waals surface area contributed by atoms with Crippen molar-refractivity contribution < 1.29 is 23.9 Å². The summed E-state index contributed by atoms with van der Waals surface area (Å²) in [4.78, 5) is 41.4. The second-order valence-electron chi connectivity index (χ2n) is 8.22. The number of hydrogen-bond donors (Lipinski definition) is 2. The van der Waals surface area contributed by atoms with Crippen LogP contribution in [0.5, 0.6) is 0 Å². The van der Waals surface area contributed by atoms with Crippen molar-refractivity contribution in [3.63, 3.8) is 0 Å². The zero-order valence-corrected chi connectivity index (χ0v) is 19.9. The second kappa shape index (κ2) is 11.4. The van der Waals surface area contributed by atoms with E-state index in [1.807, 2.05) is 0 Å². The Balaban J connectivity index is 1.43. The predicted octanol–water partition coefficient (Wildman–Crippen LogP) is 3.52. The molecule has 0 spiro atoms. The molecule has 9 nitrogen and oxygen atoms in total. The number of likely N-dealkylation sites (tertiary alicyclic amines) is 1. The largest absolute Gasteiger partial charge is 0.372 e. The van der Waals surface area contributed by atoms with Gasteiger partial charge in [0.1, 0.15) is 12.6 Å². The van der Waals surface area contributed by atoms with E-state index >= 15 is 0 Å². The van der Waals surface area contributed by atoms with Crippen molar-refractivity contribution in [3.05, 3.63) is 66.2 Å². The molecule has 184 valence electrons. The zero-order chi connectivity index (χ0) is 24.8. The highest BCUT2D eigenvalue weighted by atomic mass is 35.5. The second-order valence-corrected chi connectivity index (χ2v) is 8.66. The molecule has 2 aliphatic rings. The van der Waals surface area contributed by atoms with Gasteiger partial charge < -0.3 is 29.9 Å². The van der Waals surface area contributed by atoms with Crippen LogP contribution in [0.3, 0.4) is 0 Å². The molecule has 0 radical (unpaired) electrons. The summed E-state index contributed by atoms with van der Waals surface area (Å²) in [6, 6.07) is 12.6. The Morgan fingerprint density at radius 2 is 1.80 bits per heavy atom. The van der Waals surface area contributed by atoms with Crippen LogP contribution in [0.4, 0.5) is 21.9 Å². The molecular weight excluding hydrogens is 472 g/mol. The first-order valence-corrected chi connectivity index (χ1v) is 11.7. The van der Waals surface area contributed by atoms with Crippen LogP contribution in [-0.2, 0) is 19.1 Å². The van der Waals surface area contributed by atoms with Gasteiger partial charge in [0.05, 0.1) is 19.3 Å². The Morgan fingerprint density at radius 1 is 1.11 bits per heavy atom. The van der Waals surface area contributed by atoms with Gasteiger partial charge in [-0.3, -0.25) is 9.59 Å². The van der Waals surface area contributed by atoms with Crippen molar-refractivity contribution in [3.8, 4) is 0 Å². The SMILES string of the molecule is C=CCO[C@@H]1C[C@H](C(=O)Nc2ccc(N3CCOCC3=O)cc2)N(C(=O)Nc2ccc(Cl)cc2)C1. The third-order valence-corrected chi connectivity index (χ3v) is 6.06. The molecule has 2 aliphatic heterocycles. The maximum Gasteiger partial charge on any atom is 0.322 e. The number of amides is 4. The Hall–Kier alpha value is -3.40.